The maximum atomic E-state index is 12.9. The van der Waals surface area contributed by atoms with Crippen LogP contribution in [0.2, 0.25) is 0 Å². The highest BCUT2D eigenvalue weighted by atomic mass is 16.6. The van der Waals surface area contributed by atoms with Crippen molar-refractivity contribution < 1.29 is 28.6 Å². The molecule has 0 radical (unpaired) electrons. The first-order chi connectivity index (χ1) is 32.8. The summed E-state index contributed by atoms with van der Waals surface area (Å²) < 4.78 is 16.9. The average molecular weight is 948 g/mol. The third-order valence-corrected chi connectivity index (χ3v) is 14.7. The van der Waals surface area contributed by atoms with Crippen molar-refractivity contribution in [3.05, 3.63) is 0 Å². The Balaban J connectivity index is 4.25. The molecule has 6 nitrogen and oxygen atoms in total. The number of ether oxygens (including phenoxy) is 3. The van der Waals surface area contributed by atoms with Crippen LogP contribution in [0.15, 0.2) is 0 Å². The summed E-state index contributed by atoms with van der Waals surface area (Å²) in [5.41, 5.74) is 0. The molecule has 0 aliphatic heterocycles. The predicted octanol–water partition coefficient (Wildman–Crippen LogP) is 20.0. The van der Waals surface area contributed by atoms with E-state index >= 15 is 0 Å². The van der Waals surface area contributed by atoms with Gasteiger partial charge in [0.1, 0.15) is 13.2 Å². The van der Waals surface area contributed by atoms with Crippen LogP contribution < -0.4 is 0 Å². The van der Waals surface area contributed by atoms with Gasteiger partial charge >= 0.3 is 17.9 Å². The second-order valence-corrected chi connectivity index (χ2v) is 21.5. The zero-order valence-electron chi connectivity index (χ0n) is 46.0. The maximum Gasteiger partial charge on any atom is 0.306 e. The molecule has 0 aromatic rings. The number of carbonyl (C=O) groups excluding carboxylic acids is 3. The van der Waals surface area contributed by atoms with Crippen LogP contribution in [0.4, 0.5) is 0 Å². The van der Waals surface area contributed by atoms with E-state index in [2.05, 4.69) is 34.6 Å². The normalized spacial score (nSPS) is 12.9. The van der Waals surface area contributed by atoms with Gasteiger partial charge in [0.15, 0.2) is 6.10 Å². The summed E-state index contributed by atoms with van der Waals surface area (Å²) >= 11 is 0. The number of hydrogen-bond acceptors (Lipinski definition) is 6. The lowest BCUT2D eigenvalue weighted by Crippen LogP contribution is -2.30. The molecule has 0 rings (SSSR count). The van der Waals surface area contributed by atoms with Gasteiger partial charge in [-0.25, -0.2) is 0 Å². The predicted molar refractivity (Wildman–Crippen MR) is 289 cm³/mol. The van der Waals surface area contributed by atoms with Crippen LogP contribution in [0.1, 0.15) is 343 Å². The lowest BCUT2D eigenvalue weighted by Gasteiger charge is -2.18. The molecule has 0 fully saturated rings. The van der Waals surface area contributed by atoms with Crippen LogP contribution >= 0.6 is 0 Å². The second-order valence-electron chi connectivity index (χ2n) is 21.5. The van der Waals surface area contributed by atoms with Crippen molar-refractivity contribution in [2.45, 2.75) is 349 Å². The summed E-state index contributed by atoms with van der Waals surface area (Å²) in [7, 11) is 0. The Labute approximate surface area is 418 Å². The summed E-state index contributed by atoms with van der Waals surface area (Å²) in [4.78, 5) is 38.2. The van der Waals surface area contributed by atoms with Crippen LogP contribution in [-0.4, -0.2) is 37.2 Å². The second kappa shape index (κ2) is 53.8. The standard InChI is InChI=1S/C61H118O6/c1-6-9-10-11-12-13-14-15-20-24-27-30-36-41-46-51-59(62)65-54-58(55-66-60(63)52-47-42-37-33-32-35-40-45-50-57(5)8-3)67-61(64)53-48-43-38-31-28-25-22-19-17-16-18-21-23-26-29-34-39-44-49-56(4)7-2/h56-58H,6-55H2,1-5H3/t56?,57?,58-/m0/s1. The summed E-state index contributed by atoms with van der Waals surface area (Å²) in [6.07, 6.45) is 58.0. The van der Waals surface area contributed by atoms with Gasteiger partial charge in [0.05, 0.1) is 0 Å². The Bertz CT molecular complexity index is 1030. The molecule has 0 aliphatic rings. The minimum atomic E-state index is -0.763. The Hall–Kier alpha value is -1.59. The van der Waals surface area contributed by atoms with E-state index in [1.807, 2.05) is 0 Å². The molecule has 67 heavy (non-hydrogen) atoms. The van der Waals surface area contributed by atoms with Gasteiger partial charge in [-0.2, -0.15) is 0 Å². The van der Waals surface area contributed by atoms with Crippen molar-refractivity contribution in [3.63, 3.8) is 0 Å². The van der Waals surface area contributed by atoms with Gasteiger partial charge in [-0.05, 0) is 31.1 Å². The summed E-state index contributed by atoms with van der Waals surface area (Å²) in [5, 5.41) is 0. The van der Waals surface area contributed by atoms with E-state index in [0.29, 0.717) is 19.3 Å². The minimum Gasteiger partial charge on any atom is -0.462 e. The zero-order chi connectivity index (χ0) is 48.9. The highest BCUT2D eigenvalue weighted by Gasteiger charge is 2.19. The number of hydrogen-bond donors (Lipinski definition) is 0. The Morgan fingerprint density at radius 1 is 0.299 bits per heavy atom. The lowest BCUT2D eigenvalue weighted by atomic mass is 9.99. The first-order valence-corrected chi connectivity index (χ1v) is 30.3. The number of carbonyl (C=O) groups is 3. The molecule has 0 amide bonds. The van der Waals surface area contributed by atoms with Crippen LogP contribution in [0.3, 0.4) is 0 Å². The van der Waals surface area contributed by atoms with Gasteiger partial charge in [-0.15, -0.1) is 0 Å². The third-order valence-electron chi connectivity index (χ3n) is 14.7. The summed E-state index contributed by atoms with van der Waals surface area (Å²) in [6.45, 7) is 11.5. The van der Waals surface area contributed by atoms with Crippen molar-refractivity contribution in [1.29, 1.82) is 0 Å². The third kappa shape index (κ3) is 52.1. The molecular weight excluding hydrogens is 829 g/mol. The van der Waals surface area contributed by atoms with Crippen molar-refractivity contribution in [1.82, 2.24) is 0 Å². The molecule has 0 saturated carbocycles. The van der Waals surface area contributed by atoms with Crippen LogP contribution in [0, 0.1) is 11.8 Å². The minimum absolute atomic E-state index is 0.0627. The molecule has 6 heteroatoms. The molecule has 0 heterocycles. The van der Waals surface area contributed by atoms with Gasteiger partial charge in [0.25, 0.3) is 0 Å². The molecule has 0 spiro atoms. The topological polar surface area (TPSA) is 78.9 Å². The summed E-state index contributed by atoms with van der Waals surface area (Å²) in [5.74, 6) is 0.919. The Kier molecular flexibility index (Phi) is 52.5. The molecule has 0 aliphatic carbocycles. The molecule has 0 aromatic heterocycles. The van der Waals surface area contributed by atoms with Crippen LogP contribution in [0.25, 0.3) is 0 Å². The molecule has 2 unspecified atom stereocenters. The van der Waals surface area contributed by atoms with Crippen molar-refractivity contribution in [2.24, 2.45) is 11.8 Å². The van der Waals surface area contributed by atoms with Crippen molar-refractivity contribution in [3.8, 4) is 0 Å². The number of unbranched alkanes of at least 4 members (excludes halogenated alkanes) is 38. The van der Waals surface area contributed by atoms with E-state index in [4.69, 9.17) is 14.2 Å². The maximum absolute atomic E-state index is 12.9. The van der Waals surface area contributed by atoms with E-state index < -0.39 is 6.10 Å². The fourth-order valence-corrected chi connectivity index (χ4v) is 9.34. The Morgan fingerprint density at radius 3 is 0.776 bits per heavy atom. The van der Waals surface area contributed by atoms with Crippen molar-refractivity contribution >= 4 is 17.9 Å². The molecule has 3 atom stereocenters. The van der Waals surface area contributed by atoms with Crippen molar-refractivity contribution in [2.75, 3.05) is 13.2 Å². The first kappa shape index (κ1) is 65.4. The van der Waals surface area contributed by atoms with Gasteiger partial charge in [-0.1, -0.05) is 304 Å². The van der Waals surface area contributed by atoms with E-state index in [1.54, 1.807) is 0 Å². The highest BCUT2D eigenvalue weighted by Crippen LogP contribution is 2.19. The largest absolute Gasteiger partial charge is 0.462 e. The molecule has 0 N–H and O–H groups in total. The van der Waals surface area contributed by atoms with E-state index in [0.717, 1.165) is 69.6 Å². The van der Waals surface area contributed by atoms with E-state index in [1.165, 1.54) is 231 Å². The molecule has 0 saturated heterocycles. The average Bonchev–Trinajstić information content (AvgIpc) is 3.33. The summed E-state index contributed by atoms with van der Waals surface area (Å²) in [6, 6.07) is 0. The van der Waals surface area contributed by atoms with E-state index in [-0.39, 0.29) is 31.1 Å². The number of esters is 3. The van der Waals surface area contributed by atoms with E-state index in [9.17, 15) is 14.4 Å². The number of rotatable bonds is 55. The quantitative estimate of drug-likeness (QED) is 0.0343. The molecule has 0 aromatic carbocycles. The lowest BCUT2D eigenvalue weighted by molar-refractivity contribution is -0.167. The molecule has 398 valence electrons. The highest BCUT2D eigenvalue weighted by molar-refractivity contribution is 5.71. The zero-order valence-corrected chi connectivity index (χ0v) is 46.0. The fourth-order valence-electron chi connectivity index (χ4n) is 9.34. The fraction of sp³-hybridized carbons (Fsp3) is 0.951. The molecule has 0 bridgehead atoms. The van der Waals surface area contributed by atoms with Gasteiger partial charge in [0, 0.05) is 19.3 Å². The smallest absolute Gasteiger partial charge is 0.306 e. The Morgan fingerprint density at radius 2 is 0.522 bits per heavy atom. The first-order valence-electron chi connectivity index (χ1n) is 30.3. The van der Waals surface area contributed by atoms with Gasteiger partial charge in [0.2, 0.25) is 0 Å². The van der Waals surface area contributed by atoms with Crippen LogP contribution in [0.5, 0.6) is 0 Å². The molecular formula is C61H118O6. The van der Waals surface area contributed by atoms with Gasteiger partial charge in [-0.3, -0.25) is 14.4 Å². The monoisotopic (exact) mass is 947 g/mol. The van der Waals surface area contributed by atoms with Gasteiger partial charge < -0.3 is 14.2 Å². The SMILES string of the molecule is CCCCCCCCCCCCCCCCCC(=O)OC[C@@H](COC(=O)CCCCCCCCCCC(C)CC)OC(=O)CCCCCCCCCCCCCCCCCCCCC(C)CC. The van der Waals surface area contributed by atoms with Crippen LogP contribution in [-0.2, 0) is 28.6 Å².